The van der Waals surface area contributed by atoms with Gasteiger partial charge in [0.2, 0.25) is 6.79 Å². The molecule has 0 N–H and O–H groups in total. The van der Waals surface area contributed by atoms with Gasteiger partial charge in [-0.3, -0.25) is 14.5 Å². The zero-order valence-corrected chi connectivity index (χ0v) is 21.1. The molecule has 0 aliphatic heterocycles. The second-order valence-electron chi connectivity index (χ2n) is 9.21. The third-order valence-electron chi connectivity index (χ3n) is 4.93. The summed E-state index contributed by atoms with van der Waals surface area (Å²) in [6.45, 7) is 12.0. The van der Waals surface area contributed by atoms with Crippen LogP contribution < -0.4 is 0 Å². The molecule has 2 aromatic rings. The van der Waals surface area contributed by atoms with E-state index in [0.717, 1.165) is 11.1 Å². The van der Waals surface area contributed by atoms with Crippen LogP contribution in [0.25, 0.3) is 11.3 Å². The van der Waals surface area contributed by atoms with E-state index < -0.39 is 0 Å². The lowest BCUT2D eigenvalue weighted by Gasteiger charge is -2.20. The third kappa shape index (κ3) is 6.45. The minimum Gasteiger partial charge on any atom is -0.454 e. The summed E-state index contributed by atoms with van der Waals surface area (Å²) >= 11 is 6.59. The summed E-state index contributed by atoms with van der Waals surface area (Å²) in [6, 6.07) is 8.25. The van der Waals surface area contributed by atoms with Crippen molar-refractivity contribution in [3.63, 3.8) is 0 Å². The third-order valence-corrected chi connectivity index (χ3v) is 5.38. The number of ether oxygens (including phenoxy) is 2. The molecule has 1 aromatic heterocycles. The summed E-state index contributed by atoms with van der Waals surface area (Å²) in [5.41, 5.74) is 4.15. The number of allylic oxidation sites excluding steroid dienone is 1. The summed E-state index contributed by atoms with van der Waals surface area (Å²) in [4.78, 5) is 16.3. The van der Waals surface area contributed by atoms with Crippen LogP contribution in [-0.2, 0) is 26.7 Å². The van der Waals surface area contributed by atoms with Crippen molar-refractivity contribution < 1.29 is 14.3 Å². The Morgan fingerprint density at radius 2 is 1.84 bits per heavy atom. The van der Waals surface area contributed by atoms with Crippen LogP contribution in [0.1, 0.15) is 63.6 Å². The molecule has 32 heavy (non-hydrogen) atoms. The number of halogens is 1. The minimum atomic E-state index is -0.313. The fraction of sp³-hybridized carbons (Fsp3) is 0.480. The topological polar surface area (TPSA) is 65.7 Å². The van der Waals surface area contributed by atoms with Crippen LogP contribution in [0.2, 0.25) is 5.02 Å². The van der Waals surface area contributed by atoms with Crippen LogP contribution in [0.15, 0.2) is 29.3 Å². The molecule has 0 saturated heterocycles. The van der Waals surface area contributed by atoms with Gasteiger partial charge in [0, 0.05) is 32.3 Å². The number of benzene rings is 1. The van der Waals surface area contributed by atoms with Gasteiger partial charge in [0.1, 0.15) is 5.69 Å². The van der Waals surface area contributed by atoms with E-state index in [1.54, 1.807) is 25.0 Å². The van der Waals surface area contributed by atoms with Crippen LogP contribution in [0, 0.1) is 12.8 Å². The Morgan fingerprint density at radius 1 is 1.22 bits per heavy atom. The number of carbonyl (C=O) groups is 1. The van der Waals surface area contributed by atoms with Gasteiger partial charge in [-0.25, -0.2) is 0 Å². The standard InChI is InChI=1S/C25H34ClN3O3/c1-16(2)13-21(30)31-15-32-24(23-22(26)17(3)28-29(23)8)20(14-27-7)18-9-11-19(12-10-18)25(4,5)6/h9-12,14,16H,13,15H2,1-8H3/b24-20-,27-14?. The molecule has 0 fully saturated rings. The lowest BCUT2D eigenvalue weighted by molar-refractivity contribution is -0.152. The fourth-order valence-electron chi connectivity index (χ4n) is 3.24. The number of esters is 1. The smallest absolute Gasteiger partial charge is 0.308 e. The Hall–Kier alpha value is -2.60. The summed E-state index contributed by atoms with van der Waals surface area (Å²) in [5, 5.41) is 4.89. The minimum absolute atomic E-state index is 0.0354. The number of hydrogen-bond donors (Lipinski definition) is 0. The first-order chi connectivity index (χ1) is 15.0. The lowest BCUT2D eigenvalue weighted by atomic mass is 9.86. The quantitative estimate of drug-likeness (QED) is 0.216. The highest BCUT2D eigenvalue weighted by atomic mass is 35.5. The molecule has 0 bridgehead atoms. The number of nitrogens with zero attached hydrogens (tertiary/aromatic N) is 3. The summed E-state index contributed by atoms with van der Waals surface area (Å²) in [7, 11) is 3.49. The maximum absolute atomic E-state index is 12.0. The molecule has 0 aliphatic carbocycles. The maximum atomic E-state index is 12.0. The van der Waals surface area contributed by atoms with Crippen LogP contribution in [0.5, 0.6) is 0 Å². The Labute approximate surface area is 196 Å². The molecule has 0 radical (unpaired) electrons. The average molecular weight is 460 g/mol. The van der Waals surface area contributed by atoms with Crippen molar-refractivity contribution in [2.24, 2.45) is 18.0 Å². The lowest BCUT2D eigenvalue weighted by Crippen LogP contribution is -2.13. The highest BCUT2D eigenvalue weighted by Crippen LogP contribution is 2.33. The molecular formula is C25H34ClN3O3. The Kier molecular flexibility index (Phi) is 8.67. The first-order valence-electron chi connectivity index (χ1n) is 10.7. The fourth-order valence-corrected chi connectivity index (χ4v) is 3.49. The zero-order chi connectivity index (χ0) is 24.1. The van der Waals surface area contributed by atoms with Gasteiger partial charge < -0.3 is 9.47 Å². The van der Waals surface area contributed by atoms with Crippen molar-refractivity contribution in [1.82, 2.24) is 9.78 Å². The highest BCUT2D eigenvalue weighted by Gasteiger charge is 2.22. The van der Waals surface area contributed by atoms with Gasteiger partial charge in [0.15, 0.2) is 5.76 Å². The van der Waals surface area contributed by atoms with E-state index in [2.05, 4.69) is 43.0 Å². The van der Waals surface area contributed by atoms with E-state index in [4.69, 9.17) is 21.1 Å². The molecule has 1 heterocycles. The van der Waals surface area contributed by atoms with Gasteiger partial charge in [-0.1, -0.05) is 70.5 Å². The van der Waals surface area contributed by atoms with Crippen LogP contribution in [0.3, 0.4) is 0 Å². The average Bonchev–Trinajstić information content (AvgIpc) is 2.94. The van der Waals surface area contributed by atoms with Crippen LogP contribution in [-0.4, -0.2) is 35.8 Å². The molecule has 6 nitrogen and oxygen atoms in total. The van der Waals surface area contributed by atoms with Gasteiger partial charge in [0.25, 0.3) is 0 Å². The van der Waals surface area contributed by atoms with Gasteiger partial charge in [-0.05, 0) is 29.4 Å². The molecule has 0 unspecified atom stereocenters. The van der Waals surface area contributed by atoms with Gasteiger partial charge in [0.05, 0.1) is 10.7 Å². The number of hydrogen-bond acceptors (Lipinski definition) is 5. The number of carbonyl (C=O) groups excluding carboxylic acids is 1. The molecule has 7 heteroatoms. The van der Waals surface area contributed by atoms with E-state index in [1.807, 2.05) is 32.9 Å². The number of rotatable bonds is 8. The summed E-state index contributed by atoms with van der Waals surface area (Å²) < 4.78 is 13.0. The first-order valence-corrected chi connectivity index (χ1v) is 11.1. The molecule has 1 aromatic carbocycles. The SMILES string of the molecule is CN=C/C(=C(/OCOC(=O)CC(C)C)c1c(Cl)c(C)nn1C)c1ccc(C(C)(C)C)cc1. The van der Waals surface area contributed by atoms with Crippen molar-refractivity contribution in [1.29, 1.82) is 0 Å². The molecule has 0 atom stereocenters. The molecule has 0 saturated carbocycles. The molecule has 0 spiro atoms. The van der Waals surface area contributed by atoms with Crippen LogP contribution in [0.4, 0.5) is 0 Å². The Balaban J connectivity index is 2.55. The molecule has 0 amide bonds. The van der Waals surface area contributed by atoms with Gasteiger partial charge >= 0.3 is 5.97 Å². The summed E-state index contributed by atoms with van der Waals surface area (Å²) in [6.07, 6.45) is 2.04. The maximum Gasteiger partial charge on any atom is 0.308 e. The van der Waals surface area contributed by atoms with E-state index in [9.17, 15) is 4.79 Å². The monoisotopic (exact) mass is 459 g/mol. The number of aryl methyl sites for hydroxylation is 2. The molecular weight excluding hydrogens is 426 g/mol. The van der Waals surface area contributed by atoms with E-state index in [0.29, 0.717) is 28.6 Å². The number of aliphatic imine (C=N–C) groups is 1. The van der Waals surface area contributed by atoms with E-state index in [-0.39, 0.29) is 24.1 Å². The van der Waals surface area contributed by atoms with Crippen LogP contribution >= 0.6 is 11.6 Å². The molecule has 2 rings (SSSR count). The van der Waals surface area contributed by atoms with Gasteiger partial charge in [-0.2, -0.15) is 5.10 Å². The van der Waals surface area contributed by atoms with Crippen molar-refractivity contribution in [2.45, 2.75) is 53.4 Å². The van der Waals surface area contributed by atoms with E-state index >= 15 is 0 Å². The zero-order valence-electron chi connectivity index (χ0n) is 20.3. The normalized spacial score (nSPS) is 12.9. The second-order valence-corrected chi connectivity index (χ2v) is 9.58. The molecule has 0 aliphatic rings. The predicted molar refractivity (Wildman–Crippen MR) is 131 cm³/mol. The number of aromatic nitrogens is 2. The second kappa shape index (κ2) is 10.8. The largest absolute Gasteiger partial charge is 0.454 e. The first kappa shape index (κ1) is 25.7. The highest BCUT2D eigenvalue weighted by molar-refractivity contribution is 6.33. The van der Waals surface area contributed by atoms with Crippen molar-refractivity contribution in [3.05, 3.63) is 51.8 Å². The van der Waals surface area contributed by atoms with Crippen molar-refractivity contribution >= 4 is 35.1 Å². The Bertz CT molecular complexity index is 997. The summed E-state index contributed by atoms with van der Waals surface area (Å²) in [5.74, 6) is 0.340. The predicted octanol–water partition coefficient (Wildman–Crippen LogP) is 5.81. The Morgan fingerprint density at radius 3 is 2.31 bits per heavy atom. The van der Waals surface area contributed by atoms with Crippen molar-refractivity contribution in [3.8, 4) is 0 Å². The van der Waals surface area contributed by atoms with Gasteiger partial charge in [-0.15, -0.1) is 0 Å². The van der Waals surface area contributed by atoms with Crippen molar-refractivity contribution in [2.75, 3.05) is 13.8 Å². The molecule has 174 valence electrons. The van der Waals surface area contributed by atoms with E-state index in [1.165, 1.54) is 5.56 Å².